The van der Waals surface area contributed by atoms with Gasteiger partial charge in [0.1, 0.15) is 5.75 Å². The van der Waals surface area contributed by atoms with Crippen LogP contribution in [0.3, 0.4) is 0 Å². The number of benzene rings is 1. The number of anilines is 1. The largest absolute Gasteiger partial charge is 0.495 e. The second kappa shape index (κ2) is 5.21. The lowest BCUT2D eigenvalue weighted by Crippen LogP contribution is -2.36. The molecule has 0 saturated heterocycles. The van der Waals surface area contributed by atoms with Crippen molar-refractivity contribution in [2.45, 2.75) is 37.8 Å². The molecule has 1 aliphatic rings. The molecular formula is C13H19NO2. The van der Waals surface area contributed by atoms with E-state index in [-0.39, 0.29) is 12.1 Å². The first-order valence-corrected chi connectivity index (χ1v) is 5.89. The van der Waals surface area contributed by atoms with Gasteiger partial charge in [-0.15, -0.1) is 0 Å². The molecular weight excluding hydrogens is 202 g/mol. The van der Waals surface area contributed by atoms with Gasteiger partial charge < -0.3 is 15.2 Å². The Labute approximate surface area is 96.4 Å². The Bertz CT molecular complexity index is 340. The quantitative estimate of drug-likeness (QED) is 0.823. The van der Waals surface area contributed by atoms with Crippen LogP contribution in [0, 0.1) is 0 Å². The van der Waals surface area contributed by atoms with E-state index in [0.29, 0.717) is 0 Å². The Balaban J connectivity index is 2.07. The van der Waals surface area contributed by atoms with Gasteiger partial charge >= 0.3 is 0 Å². The highest BCUT2D eigenvalue weighted by molar-refractivity contribution is 5.56. The minimum absolute atomic E-state index is 0.157. The van der Waals surface area contributed by atoms with Crippen LogP contribution >= 0.6 is 0 Å². The zero-order chi connectivity index (χ0) is 11.4. The first-order valence-electron chi connectivity index (χ1n) is 5.89. The van der Waals surface area contributed by atoms with Crippen molar-refractivity contribution in [1.29, 1.82) is 0 Å². The SMILES string of the molecule is COc1ccccc1NC1CCCCC1O. The number of hydrogen-bond acceptors (Lipinski definition) is 3. The molecule has 2 rings (SSSR count). The van der Waals surface area contributed by atoms with Crippen LogP contribution in [0.15, 0.2) is 24.3 Å². The molecule has 3 nitrogen and oxygen atoms in total. The van der Waals surface area contributed by atoms with E-state index in [9.17, 15) is 5.11 Å². The number of ether oxygens (including phenoxy) is 1. The van der Waals surface area contributed by atoms with Crippen molar-refractivity contribution < 1.29 is 9.84 Å². The third-order valence-electron chi connectivity index (χ3n) is 3.18. The molecule has 0 heterocycles. The molecule has 0 aromatic heterocycles. The standard InChI is InChI=1S/C13H19NO2/c1-16-13-9-5-3-7-11(13)14-10-6-2-4-8-12(10)15/h3,5,7,9-10,12,14-15H,2,4,6,8H2,1H3. The highest BCUT2D eigenvalue weighted by Gasteiger charge is 2.23. The molecule has 88 valence electrons. The van der Waals surface area contributed by atoms with Gasteiger partial charge in [-0.3, -0.25) is 0 Å². The van der Waals surface area contributed by atoms with Crippen molar-refractivity contribution in [2.75, 3.05) is 12.4 Å². The molecule has 2 N–H and O–H groups in total. The first-order chi connectivity index (χ1) is 7.81. The van der Waals surface area contributed by atoms with Crippen LogP contribution in [-0.4, -0.2) is 24.4 Å². The highest BCUT2D eigenvalue weighted by atomic mass is 16.5. The first kappa shape index (κ1) is 11.3. The van der Waals surface area contributed by atoms with E-state index >= 15 is 0 Å². The average Bonchev–Trinajstić information content (AvgIpc) is 2.33. The predicted molar refractivity (Wildman–Crippen MR) is 64.9 cm³/mol. The Hall–Kier alpha value is -1.22. The lowest BCUT2D eigenvalue weighted by atomic mass is 9.92. The molecule has 1 aliphatic carbocycles. The minimum Gasteiger partial charge on any atom is -0.495 e. The van der Waals surface area contributed by atoms with Gasteiger partial charge in [-0.05, 0) is 25.0 Å². The van der Waals surface area contributed by atoms with Gasteiger partial charge in [0, 0.05) is 0 Å². The zero-order valence-corrected chi connectivity index (χ0v) is 9.65. The second-order valence-electron chi connectivity index (χ2n) is 4.30. The lowest BCUT2D eigenvalue weighted by molar-refractivity contribution is 0.116. The van der Waals surface area contributed by atoms with Crippen LogP contribution in [-0.2, 0) is 0 Å². The van der Waals surface area contributed by atoms with Gasteiger partial charge in [-0.2, -0.15) is 0 Å². The summed E-state index contributed by atoms with van der Waals surface area (Å²) in [5, 5.41) is 13.3. The lowest BCUT2D eigenvalue weighted by Gasteiger charge is -2.29. The van der Waals surface area contributed by atoms with Crippen molar-refractivity contribution in [3.05, 3.63) is 24.3 Å². The summed E-state index contributed by atoms with van der Waals surface area (Å²) in [6.45, 7) is 0. The fourth-order valence-electron chi connectivity index (χ4n) is 2.24. The normalized spacial score (nSPS) is 25.1. The number of hydrogen-bond donors (Lipinski definition) is 2. The Morgan fingerprint density at radius 3 is 2.75 bits per heavy atom. The fourth-order valence-corrected chi connectivity index (χ4v) is 2.24. The maximum atomic E-state index is 9.89. The molecule has 2 unspecified atom stereocenters. The van der Waals surface area contributed by atoms with Crippen LogP contribution in [0.5, 0.6) is 5.75 Å². The van der Waals surface area contributed by atoms with Crippen LogP contribution in [0.4, 0.5) is 5.69 Å². The van der Waals surface area contributed by atoms with E-state index in [1.807, 2.05) is 24.3 Å². The zero-order valence-electron chi connectivity index (χ0n) is 9.65. The number of nitrogens with one attached hydrogen (secondary N) is 1. The maximum Gasteiger partial charge on any atom is 0.141 e. The van der Waals surface area contributed by atoms with E-state index in [1.165, 1.54) is 6.42 Å². The molecule has 16 heavy (non-hydrogen) atoms. The second-order valence-corrected chi connectivity index (χ2v) is 4.30. The number of aliphatic hydroxyl groups is 1. The summed E-state index contributed by atoms with van der Waals surface area (Å²) in [4.78, 5) is 0. The topological polar surface area (TPSA) is 41.5 Å². The van der Waals surface area contributed by atoms with Crippen molar-refractivity contribution >= 4 is 5.69 Å². The van der Waals surface area contributed by atoms with Crippen molar-refractivity contribution in [3.8, 4) is 5.75 Å². The maximum absolute atomic E-state index is 9.89. The van der Waals surface area contributed by atoms with Crippen LogP contribution < -0.4 is 10.1 Å². The Kier molecular flexibility index (Phi) is 3.67. The molecule has 1 fully saturated rings. The van der Waals surface area contributed by atoms with Crippen molar-refractivity contribution in [1.82, 2.24) is 0 Å². The van der Waals surface area contributed by atoms with Gasteiger partial charge in [0.05, 0.1) is 24.9 Å². The van der Waals surface area contributed by atoms with E-state index in [0.717, 1.165) is 30.7 Å². The summed E-state index contributed by atoms with van der Waals surface area (Å²) < 4.78 is 5.28. The molecule has 0 aliphatic heterocycles. The summed E-state index contributed by atoms with van der Waals surface area (Å²) in [5.74, 6) is 0.834. The van der Waals surface area contributed by atoms with Crippen LogP contribution in [0.25, 0.3) is 0 Å². The number of methoxy groups -OCH3 is 1. The van der Waals surface area contributed by atoms with Crippen molar-refractivity contribution in [3.63, 3.8) is 0 Å². The molecule has 0 spiro atoms. The van der Waals surface area contributed by atoms with Gasteiger partial charge in [0.25, 0.3) is 0 Å². The monoisotopic (exact) mass is 221 g/mol. The summed E-state index contributed by atoms with van der Waals surface area (Å²) in [7, 11) is 1.66. The average molecular weight is 221 g/mol. The van der Waals surface area contributed by atoms with Gasteiger partial charge in [-0.25, -0.2) is 0 Å². The van der Waals surface area contributed by atoms with Gasteiger partial charge in [0.2, 0.25) is 0 Å². The minimum atomic E-state index is -0.237. The molecule has 1 aromatic carbocycles. The Morgan fingerprint density at radius 1 is 1.25 bits per heavy atom. The smallest absolute Gasteiger partial charge is 0.141 e. The fraction of sp³-hybridized carbons (Fsp3) is 0.538. The molecule has 3 heteroatoms. The van der Waals surface area contributed by atoms with E-state index in [2.05, 4.69) is 5.32 Å². The molecule has 0 radical (unpaired) electrons. The Morgan fingerprint density at radius 2 is 2.00 bits per heavy atom. The van der Waals surface area contributed by atoms with Crippen molar-refractivity contribution in [2.24, 2.45) is 0 Å². The molecule has 0 bridgehead atoms. The third-order valence-corrected chi connectivity index (χ3v) is 3.18. The summed E-state index contributed by atoms with van der Waals surface area (Å²) in [6.07, 6.45) is 4.00. The van der Waals surface area contributed by atoms with Crippen LogP contribution in [0.2, 0.25) is 0 Å². The van der Waals surface area contributed by atoms with E-state index in [1.54, 1.807) is 7.11 Å². The molecule has 0 amide bonds. The summed E-state index contributed by atoms with van der Waals surface area (Å²) >= 11 is 0. The van der Waals surface area contributed by atoms with E-state index < -0.39 is 0 Å². The molecule has 1 saturated carbocycles. The summed E-state index contributed by atoms with van der Waals surface area (Å²) in [6, 6.07) is 7.99. The molecule has 2 atom stereocenters. The predicted octanol–water partition coefficient (Wildman–Crippen LogP) is 2.41. The number of rotatable bonds is 3. The van der Waals surface area contributed by atoms with Gasteiger partial charge in [0.15, 0.2) is 0 Å². The van der Waals surface area contributed by atoms with E-state index in [4.69, 9.17) is 4.74 Å². The molecule has 1 aromatic rings. The number of aliphatic hydroxyl groups excluding tert-OH is 1. The summed E-state index contributed by atoms with van der Waals surface area (Å²) in [5.41, 5.74) is 0.968. The highest BCUT2D eigenvalue weighted by Crippen LogP contribution is 2.28. The third kappa shape index (κ3) is 2.47. The number of para-hydroxylation sites is 2. The van der Waals surface area contributed by atoms with Gasteiger partial charge in [-0.1, -0.05) is 25.0 Å². The van der Waals surface area contributed by atoms with Crippen LogP contribution in [0.1, 0.15) is 25.7 Å².